The average Bonchev–Trinajstić information content (AvgIpc) is 2.26. The molecule has 0 saturated carbocycles. The fourth-order valence-corrected chi connectivity index (χ4v) is 2.52. The van der Waals surface area contributed by atoms with Crippen molar-refractivity contribution in [2.45, 2.75) is 18.9 Å². The van der Waals surface area contributed by atoms with Gasteiger partial charge in [-0.2, -0.15) is 0 Å². The van der Waals surface area contributed by atoms with Crippen LogP contribution in [-0.4, -0.2) is 29.9 Å². The van der Waals surface area contributed by atoms with Crippen molar-refractivity contribution < 1.29 is 9.18 Å². The summed E-state index contributed by atoms with van der Waals surface area (Å²) in [6.07, 6.45) is 1.85. The predicted octanol–water partition coefficient (Wildman–Crippen LogP) is 2.15. The topological polar surface area (TPSA) is 46.3 Å². The molecule has 1 heterocycles. The summed E-state index contributed by atoms with van der Waals surface area (Å²) in [5, 5.41) is 0. The quantitative estimate of drug-likeness (QED) is 0.864. The van der Waals surface area contributed by atoms with Gasteiger partial charge in [-0.25, -0.2) is 4.39 Å². The number of piperidine rings is 1. The van der Waals surface area contributed by atoms with Crippen molar-refractivity contribution in [1.82, 2.24) is 4.90 Å². The number of nitrogens with two attached hydrogens (primary N) is 1. The predicted molar refractivity (Wildman–Crippen MR) is 67.2 cm³/mol. The molecule has 0 bridgehead atoms. The zero-order valence-corrected chi connectivity index (χ0v) is 10.9. The fraction of sp³-hybridized carbons (Fsp3) is 0.417. The van der Waals surface area contributed by atoms with Crippen molar-refractivity contribution in [3.63, 3.8) is 0 Å². The van der Waals surface area contributed by atoms with Crippen LogP contribution in [0.4, 0.5) is 4.39 Å². The summed E-state index contributed by atoms with van der Waals surface area (Å²) in [7, 11) is 0. The van der Waals surface area contributed by atoms with E-state index in [9.17, 15) is 9.18 Å². The molecule has 1 aromatic carbocycles. The van der Waals surface area contributed by atoms with Crippen molar-refractivity contribution >= 4 is 21.8 Å². The van der Waals surface area contributed by atoms with E-state index in [-0.39, 0.29) is 11.9 Å². The van der Waals surface area contributed by atoms with Crippen LogP contribution >= 0.6 is 15.9 Å². The Morgan fingerprint density at radius 3 is 2.88 bits per heavy atom. The molecule has 3 nitrogen and oxygen atoms in total. The Hall–Kier alpha value is -0.940. The van der Waals surface area contributed by atoms with Crippen LogP contribution in [0.1, 0.15) is 23.2 Å². The van der Waals surface area contributed by atoms with E-state index in [0.29, 0.717) is 23.1 Å². The summed E-state index contributed by atoms with van der Waals surface area (Å²) in [5.41, 5.74) is 6.19. The Balaban J connectivity index is 2.18. The van der Waals surface area contributed by atoms with E-state index in [4.69, 9.17) is 5.73 Å². The molecule has 17 heavy (non-hydrogen) atoms. The maximum absolute atomic E-state index is 13.2. The van der Waals surface area contributed by atoms with Gasteiger partial charge < -0.3 is 10.6 Å². The summed E-state index contributed by atoms with van der Waals surface area (Å²) in [4.78, 5) is 13.8. The number of rotatable bonds is 1. The van der Waals surface area contributed by atoms with Crippen LogP contribution in [0.2, 0.25) is 0 Å². The molecule has 0 unspecified atom stereocenters. The number of hydrogen-bond acceptors (Lipinski definition) is 2. The van der Waals surface area contributed by atoms with E-state index in [1.165, 1.54) is 12.1 Å². The molecule has 1 saturated heterocycles. The maximum Gasteiger partial charge on any atom is 0.254 e. The zero-order valence-electron chi connectivity index (χ0n) is 9.33. The van der Waals surface area contributed by atoms with E-state index in [2.05, 4.69) is 15.9 Å². The lowest BCUT2D eigenvalue weighted by Gasteiger charge is -2.30. The van der Waals surface area contributed by atoms with E-state index >= 15 is 0 Å². The number of amides is 1. The lowest BCUT2D eigenvalue weighted by molar-refractivity contribution is 0.0708. The number of nitrogens with zero attached hydrogens (tertiary/aromatic N) is 1. The number of hydrogen-bond donors (Lipinski definition) is 1. The van der Waals surface area contributed by atoms with Crippen molar-refractivity contribution in [3.8, 4) is 0 Å². The van der Waals surface area contributed by atoms with Crippen molar-refractivity contribution in [3.05, 3.63) is 34.1 Å². The highest BCUT2D eigenvalue weighted by Crippen LogP contribution is 2.18. The lowest BCUT2D eigenvalue weighted by Crippen LogP contribution is -2.45. The highest BCUT2D eigenvalue weighted by molar-refractivity contribution is 9.10. The van der Waals surface area contributed by atoms with E-state index in [1.807, 2.05) is 0 Å². The molecular formula is C12H14BrFN2O. The minimum absolute atomic E-state index is 0.0321. The minimum Gasteiger partial charge on any atom is -0.337 e. The van der Waals surface area contributed by atoms with Crippen LogP contribution in [0, 0.1) is 5.82 Å². The van der Waals surface area contributed by atoms with E-state index in [0.717, 1.165) is 12.8 Å². The molecule has 0 aromatic heterocycles. The number of benzene rings is 1. The first-order valence-electron chi connectivity index (χ1n) is 5.57. The van der Waals surface area contributed by atoms with Gasteiger partial charge in [-0.1, -0.05) is 15.9 Å². The Labute approximate surface area is 108 Å². The van der Waals surface area contributed by atoms with Crippen molar-refractivity contribution in [2.24, 2.45) is 5.73 Å². The first-order chi connectivity index (χ1) is 8.06. The van der Waals surface area contributed by atoms with Gasteiger partial charge in [-0.3, -0.25) is 4.79 Å². The standard InChI is InChI=1S/C12H14BrFN2O/c13-9-4-8(5-10(14)6-9)12(17)16-3-1-2-11(15)7-16/h4-6,11H,1-3,7,15H2/t11-/m1/s1. The molecule has 1 amide bonds. The summed E-state index contributed by atoms with van der Waals surface area (Å²) >= 11 is 3.18. The molecule has 1 aliphatic heterocycles. The summed E-state index contributed by atoms with van der Waals surface area (Å²) < 4.78 is 13.8. The Morgan fingerprint density at radius 1 is 1.47 bits per heavy atom. The third kappa shape index (κ3) is 3.04. The van der Waals surface area contributed by atoms with Gasteiger partial charge in [0.05, 0.1) is 0 Å². The zero-order chi connectivity index (χ0) is 12.4. The van der Waals surface area contributed by atoms with Gasteiger partial charge in [-0.05, 0) is 31.0 Å². The normalized spacial score (nSPS) is 20.4. The van der Waals surface area contributed by atoms with Crippen LogP contribution in [0.5, 0.6) is 0 Å². The molecule has 5 heteroatoms. The van der Waals surface area contributed by atoms with Crippen LogP contribution in [-0.2, 0) is 0 Å². The van der Waals surface area contributed by atoms with E-state index in [1.54, 1.807) is 11.0 Å². The lowest BCUT2D eigenvalue weighted by atomic mass is 10.1. The number of carbonyl (C=O) groups excluding carboxylic acids is 1. The first-order valence-corrected chi connectivity index (χ1v) is 6.36. The minimum atomic E-state index is -0.413. The van der Waals surface area contributed by atoms with Crippen LogP contribution < -0.4 is 5.73 Å². The highest BCUT2D eigenvalue weighted by Gasteiger charge is 2.22. The van der Waals surface area contributed by atoms with Crippen LogP contribution in [0.15, 0.2) is 22.7 Å². The van der Waals surface area contributed by atoms with Gasteiger partial charge in [0.15, 0.2) is 0 Å². The third-order valence-electron chi connectivity index (χ3n) is 2.85. The largest absolute Gasteiger partial charge is 0.337 e. The number of halogens is 2. The molecule has 1 fully saturated rings. The number of likely N-dealkylation sites (tertiary alicyclic amines) is 1. The molecule has 92 valence electrons. The Kier molecular flexibility index (Phi) is 3.79. The van der Waals surface area contributed by atoms with Gasteiger partial charge in [-0.15, -0.1) is 0 Å². The van der Waals surface area contributed by atoms with Gasteiger partial charge in [0.25, 0.3) is 5.91 Å². The third-order valence-corrected chi connectivity index (χ3v) is 3.31. The average molecular weight is 301 g/mol. The summed E-state index contributed by atoms with van der Waals surface area (Å²) in [5.74, 6) is -0.565. The molecule has 1 atom stereocenters. The SMILES string of the molecule is N[C@@H]1CCCN(C(=O)c2cc(F)cc(Br)c2)C1. The van der Waals surface area contributed by atoms with Crippen molar-refractivity contribution in [2.75, 3.05) is 13.1 Å². The van der Waals surface area contributed by atoms with Gasteiger partial charge >= 0.3 is 0 Å². The summed E-state index contributed by atoms with van der Waals surface area (Å²) in [6, 6.07) is 4.25. The van der Waals surface area contributed by atoms with Crippen LogP contribution in [0.25, 0.3) is 0 Å². The molecule has 0 aliphatic carbocycles. The second-order valence-corrected chi connectivity index (χ2v) is 5.23. The Bertz CT molecular complexity index is 418. The second-order valence-electron chi connectivity index (χ2n) is 4.31. The second kappa shape index (κ2) is 5.14. The first kappa shape index (κ1) is 12.5. The summed E-state index contributed by atoms with van der Waals surface area (Å²) in [6.45, 7) is 1.24. The molecule has 1 aliphatic rings. The molecule has 0 radical (unpaired) electrons. The molecular weight excluding hydrogens is 287 g/mol. The monoisotopic (exact) mass is 300 g/mol. The van der Waals surface area contributed by atoms with Gasteiger partial charge in [0, 0.05) is 29.2 Å². The molecule has 2 rings (SSSR count). The molecule has 0 spiro atoms. The maximum atomic E-state index is 13.2. The molecule has 2 N–H and O–H groups in total. The Morgan fingerprint density at radius 2 is 2.24 bits per heavy atom. The molecule has 1 aromatic rings. The number of carbonyl (C=O) groups is 1. The van der Waals surface area contributed by atoms with E-state index < -0.39 is 5.82 Å². The van der Waals surface area contributed by atoms with Gasteiger partial charge in [0.2, 0.25) is 0 Å². The van der Waals surface area contributed by atoms with Crippen molar-refractivity contribution in [1.29, 1.82) is 0 Å². The van der Waals surface area contributed by atoms with Crippen LogP contribution in [0.3, 0.4) is 0 Å². The highest BCUT2D eigenvalue weighted by atomic mass is 79.9. The smallest absolute Gasteiger partial charge is 0.254 e. The van der Waals surface area contributed by atoms with Gasteiger partial charge in [0.1, 0.15) is 5.82 Å². The fourth-order valence-electron chi connectivity index (χ4n) is 2.05.